The van der Waals surface area contributed by atoms with Gasteiger partial charge in [-0.05, 0) is 46.7 Å². The number of nitrogens with zero attached hydrogens (tertiary/aromatic N) is 1. The lowest BCUT2D eigenvalue weighted by Gasteiger charge is -2.12. The highest BCUT2D eigenvalue weighted by molar-refractivity contribution is 7.92. The number of halogens is 1. The van der Waals surface area contributed by atoms with Crippen LogP contribution in [0.3, 0.4) is 0 Å². The summed E-state index contributed by atoms with van der Waals surface area (Å²) in [5, 5.41) is 4.22. The third kappa shape index (κ3) is 3.53. The second-order valence-corrected chi connectivity index (χ2v) is 7.74. The van der Waals surface area contributed by atoms with Crippen molar-refractivity contribution in [2.24, 2.45) is 0 Å². The summed E-state index contributed by atoms with van der Waals surface area (Å²) in [5.41, 5.74) is 2.17. The number of aromatic nitrogens is 1. The molecule has 8 heteroatoms. The fourth-order valence-corrected chi connectivity index (χ4v) is 4.29. The van der Waals surface area contributed by atoms with Crippen LogP contribution in [-0.2, 0) is 10.0 Å². The van der Waals surface area contributed by atoms with E-state index in [1.165, 1.54) is 25.4 Å². The van der Waals surface area contributed by atoms with E-state index >= 15 is 0 Å². The summed E-state index contributed by atoms with van der Waals surface area (Å²) in [7, 11) is -2.46. The number of hydrogen-bond acceptors (Lipinski definition) is 5. The monoisotopic (exact) mass is 380 g/mol. The Labute approximate surface area is 148 Å². The minimum Gasteiger partial charge on any atom is -0.495 e. The van der Waals surface area contributed by atoms with E-state index in [0.717, 1.165) is 11.1 Å². The third-order valence-corrected chi connectivity index (χ3v) is 5.58. The van der Waals surface area contributed by atoms with Crippen molar-refractivity contribution in [3.63, 3.8) is 0 Å². The number of rotatable bonds is 5. The Morgan fingerprint density at radius 1 is 1.17 bits per heavy atom. The zero-order chi connectivity index (χ0) is 17.2. The molecule has 0 aliphatic carbocycles. The van der Waals surface area contributed by atoms with Gasteiger partial charge in [0.05, 0.1) is 19.0 Å². The van der Waals surface area contributed by atoms with Crippen LogP contribution in [0.5, 0.6) is 5.75 Å². The molecule has 0 radical (unpaired) electrons. The van der Waals surface area contributed by atoms with E-state index < -0.39 is 10.0 Å². The Balaban J connectivity index is 1.96. The van der Waals surface area contributed by atoms with Gasteiger partial charge in [-0.3, -0.25) is 9.71 Å². The molecule has 0 spiro atoms. The van der Waals surface area contributed by atoms with E-state index in [-0.39, 0.29) is 10.6 Å². The molecule has 2 heterocycles. The summed E-state index contributed by atoms with van der Waals surface area (Å²) >= 11 is 7.48. The predicted octanol–water partition coefficient (Wildman–Crippen LogP) is 4.27. The highest BCUT2D eigenvalue weighted by Crippen LogP contribution is 2.30. The maximum absolute atomic E-state index is 12.7. The molecule has 0 bridgehead atoms. The molecule has 1 aromatic carbocycles. The van der Waals surface area contributed by atoms with Gasteiger partial charge in [0.15, 0.2) is 0 Å². The highest BCUT2D eigenvalue weighted by atomic mass is 35.5. The topological polar surface area (TPSA) is 68.3 Å². The number of sulfonamides is 1. The van der Waals surface area contributed by atoms with Crippen LogP contribution in [0.2, 0.25) is 5.02 Å². The van der Waals surface area contributed by atoms with Crippen molar-refractivity contribution in [1.29, 1.82) is 0 Å². The maximum Gasteiger partial charge on any atom is 0.265 e. The normalized spacial score (nSPS) is 11.2. The van der Waals surface area contributed by atoms with Gasteiger partial charge >= 0.3 is 0 Å². The van der Waals surface area contributed by atoms with Gasteiger partial charge in [-0.15, -0.1) is 0 Å². The number of benzene rings is 1. The zero-order valence-corrected chi connectivity index (χ0v) is 15.0. The standard InChI is InChI=1S/C16H13ClN2O3S2/c1-22-15-3-2-13(17)7-16(15)24(20,21)19-14-6-12(8-18-9-14)11-4-5-23-10-11/h2-10,19H,1H3. The minimum atomic E-state index is -3.86. The van der Waals surface area contributed by atoms with Crippen LogP contribution in [0.15, 0.2) is 58.4 Å². The summed E-state index contributed by atoms with van der Waals surface area (Å²) in [6.07, 6.45) is 3.13. The number of anilines is 1. The summed E-state index contributed by atoms with van der Waals surface area (Å²) in [6.45, 7) is 0. The number of methoxy groups -OCH3 is 1. The Morgan fingerprint density at radius 2 is 2.00 bits per heavy atom. The van der Waals surface area contributed by atoms with E-state index in [0.29, 0.717) is 10.7 Å². The van der Waals surface area contributed by atoms with Crippen molar-refractivity contribution in [2.45, 2.75) is 4.90 Å². The first kappa shape index (κ1) is 16.8. The van der Waals surface area contributed by atoms with Crippen molar-refractivity contribution in [2.75, 3.05) is 11.8 Å². The quantitative estimate of drug-likeness (QED) is 0.717. The summed E-state index contributed by atoms with van der Waals surface area (Å²) in [4.78, 5) is 4.07. The van der Waals surface area contributed by atoms with Gasteiger partial charge in [-0.25, -0.2) is 8.42 Å². The van der Waals surface area contributed by atoms with Gasteiger partial charge in [0.1, 0.15) is 10.6 Å². The lowest BCUT2D eigenvalue weighted by molar-refractivity contribution is 0.403. The summed E-state index contributed by atoms with van der Waals surface area (Å²) < 4.78 is 32.9. The first-order valence-corrected chi connectivity index (χ1v) is 9.64. The second-order valence-electron chi connectivity index (χ2n) is 4.87. The van der Waals surface area contributed by atoms with Gasteiger partial charge in [-0.2, -0.15) is 11.3 Å². The Hall–Kier alpha value is -2.09. The molecule has 3 rings (SSSR count). The van der Waals surface area contributed by atoms with Crippen LogP contribution in [0.4, 0.5) is 5.69 Å². The van der Waals surface area contributed by atoms with Crippen molar-refractivity contribution < 1.29 is 13.2 Å². The largest absolute Gasteiger partial charge is 0.495 e. The van der Waals surface area contributed by atoms with Gasteiger partial charge in [-0.1, -0.05) is 11.6 Å². The first-order valence-electron chi connectivity index (χ1n) is 6.83. The predicted molar refractivity (Wildman–Crippen MR) is 96.4 cm³/mol. The number of pyridine rings is 1. The van der Waals surface area contributed by atoms with Crippen LogP contribution in [-0.4, -0.2) is 20.5 Å². The number of ether oxygens (including phenoxy) is 1. The smallest absolute Gasteiger partial charge is 0.265 e. The van der Waals surface area contributed by atoms with Gasteiger partial charge < -0.3 is 4.74 Å². The molecule has 0 aliphatic heterocycles. The minimum absolute atomic E-state index is 0.0292. The highest BCUT2D eigenvalue weighted by Gasteiger charge is 2.20. The number of thiophene rings is 1. The SMILES string of the molecule is COc1ccc(Cl)cc1S(=O)(=O)Nc1cncc(-c2ccsc2)c1. The van der Waals surface area contributed by atoms with E-state index in [2.05, 4.69) is 9.71 Å². The molecule has 0 aliphatic rings. The second kappa shape index (κ2) is 6.80. The molecule has 0 saturated heterocycles. The number of hydrogen-bond donors (Lipinski definition) is 1. The molecule has 0 fully saturated rings. The molecule has 24 heavy (non-hydrogen) atoms. The molecular weight excluding hydrogens is 368 g/mol. The fraction of sp³-hybridized carbons (Fsp3) is 0.0625. The Kier molecular flexibility index (Phi) is 4.75. The van der Waals surface area contributed by atoms with Crippen LogP contribution >= 0.6 is 22.9 Å². The summed E-state index contributed by atoms with van der Waals surface area (Å²) in [5.74, 6) is 0.217. The van der Waals surface area contributed by atoms with Gasteiger partial charge in [0, 0.05) is 16.8 Å². The fourth-order valence-electron chi connectivity index (χ4n) is 2.15. The molecule has 124 valence electrons. The van der Waals surface area contributed by atoms with Crippen LogP contribution in [0.1, 0.15) is 0 Å². The molecule has 2 aromatic heterocycles. The molecule has 0 unspecified atom stereocenters. The van der Waals surface area contributed by atoms with Crippen molar-refractivity contribution in [3.05, 3.63) is 58.5 Å². The number of nitrogens with one attached hydrogen (secondary N) is 1. The average molecular weight is 381 g/mol. The average Bonchev–Trinajstić information content (AvgIpc) is 3.09. The Morgan fingerprint density at radius 3 is 2.71 bits per heavy atom. The lowest BCUT2D eigenvalue weighted by atomic mass is 10.1. The molecule has 1 N–H and O–H groups in total. The first-order chi connectivity index (χ1) is 11.5. The molecule has 0 amide bonds. The molecule has 5 nitrogen and oxygen atoms in total. The van der Waals surface area contributed by atoms with Crippen molar-refractivity contribution in [3.8, 4) is 16.9 Å². The van der Waals surface area contributed by atoms with Gasteiger partial charge in [0.2, 0.25) is 0 Å². The van der Waals surface area contributed by atoms with Crippen LogP contribution in [0.25, 0.3) is 11.1 Å². The lowest BCUT2D eigenvalue weighted by Crippen LogP contribution is -2.14. The van der Waals surface area contributed by atoms with Crippen LogP contribution < -0.4 is 9.46 Å². The van der Waals surface area contributed by atoms with E-state index in [1.54, 1.807) is 29.7 Å². The molecular formula is C16H13ClN2O3S2. The third-order valence-electron chi connectivity index (χ3n) is 3.26. The van der Waals surface area contributed by atoms with E-state index in [9.17, 15) is 8.42 Å². The molecule has 3 aromatic rings. The van der Waals surface area contributed by atoms with Crippen molar-refractivity contribution >= 4 is 38.6 Å². The zero-order valence-electron chi connectivity index (χ0n) is 12.6. The molecule has 0 atom stereocenters. The van der Waals surface area contributed by atoms with E-state index in [1.807, 2.05) is 16.8 Å². The Bertz CT molecular complexity index is 957. The van der Waals surface area contributed by atoms with Gasteiger partial charge in [0.25, 0.3) is 10.0 Å². The molecule has 0 saturated carbocycles. The maximum atomic E-state index is 12.7. The van der Waals surface area contributed by atoms with E-state index in [4.69, 9.17) is 16.3 Å². The van der Waals surface area contributed by atoms with Crippen molar-refractivity contribution in [1.82, 2.24) is 4.98 Å². The summed E-state index contributed by atoms with van der Waals surface area (Å²) in [6, 6.07) is 8.09. The van der Waals surface area contributed by atoms with Crippen LogP contribution in [0, 0.1) is 0 Å².